The Morgan fingerprint density at radius 1 is 1.32 bits per heavy atom. The van der Waals surface area contributed by atoms with E-state index < -0.39 is 0 Å². The third-order valence-electron chi connectivity index (χ3n) is 4.19. The molecule has 1 aliphatic heterocycles. The van der Waals surface area contributed by atoms with Gasteiger partial charge in [-0.15, -0.1) is 0 Å². The van der Waals surface area contributed by atoms with Crippen molar-refractivity contribution in [3.05, 3.63) is 0 Å². The first kappa shape index (κ1) is 16.8. The summed E-state index contributed by atoms with van der Waals surface area (Å²) >= 11 is 1.91. The van der Waals surface area contributed by atoms with E-state index in [-0.39, 0.29) is 11.3 Å². The van der Waals surface area contributed by atoms with Crippen LogP contribution < -0.4 is 10.6 Å². The van der Waals surface area contributed by atoms with E-state index in [1.165, 1.54) is 25.0 Å². The van der Waals surface area contributed by atoms with E-state index in [0.29, 0.717) is 0 Å². The summed E-state index contributed by atoms with van der Waals surface area (Å²) in [5.41, 5.74) is -0.142. The van der Waals surface area contributed by atoms with Crippen LogP contribution in [-0.4, -0.2) is 37.6 Å². The van der Waals surface area contributed by atoms with Gasteiger partial charge in [0.2, 0.25) is 5.91 Å². The average molecular weight is 286 g/mol. The van der Waals surface area contributed by atoms with Crippen molar-refractivity contribution >= 4 is 17.7 Å². The van der Waals surface area contributed by atoms with Crippen LogP contribution in [-0.2, 0) is 4.79 Å². The van der Waals surface area contributed by atoms with Crippen LogP contribution in [0.3, 0.4) is 0 Å². The number of hydrogen-bond acceptors (Lipinski definition) is 3. The molecule has 4 heteroatoms. The fraction of sp³-hybridized carbons (Fsp3) is 0.933. The minimum Gasteiger partial charge on any atom is -0.356 e. The monoisotopic (exact) mass is 286 g/mol. The van der Waals surface area contributed by atoms with E-state index in [9.17, 15) is 4.79 Å². The summed E-state index contributed by atoms with van der Waals surface area (Å²) in [6.45, 7) is 4.89. The zero-order chi connectivity index (χ0) is 14.0. The van der Waals surface area contributed by atoms with E-state index in [1.54, 1.807) is 0 Å². The van der Waals surface area contributed by atoms with Gasteiger partial charge in [-0.2, -0.15) is 11.8 Å². The molecule has 1 fully saturated rings. The van der Waals surface area contributed by atoms with Crippen LogP contribution in [0.4, 0.5) is 0 Å². The third kappa shape index (κ3) is 5.74. The Morgan fingerprint density at radius 3 is 2.74 bits per heavy atom. The van der Waals surface area contributed by atoms with Crippen LogP contribution in [0, 0.1) is 5.41 Å². The zero-order valence-corrected chi connectivity index (χ0v) is 13.4. The second kappa shape index (κ2) is 9.65. The Labute approximate surface area is 122 Å². The normalized spacial score (nSPS) is 23.3. The van der Waals surface area contributed by atoms with Gasteiger partial charge in [-0.1, -0.05) is 19.8 Å². The molecule has 112 valence electrons. The predicted octanol–water partition coefficient (Wildman–Crippen LogP) is 2.81. The van der Waals surface area contributed by atoms with Gasteiger partial charge in [-0.05, 0) is 50.7 Å². The Bertz CT molecular complexity index is 253. The maximum atomic E-state index is 12.3. The molecule has 0 aromatic heterocycles. The number of unbranched alkanes of at least 4 members (excludes halogenated alkanes) is 3. The number of carbonyl (C=O) groups excluding carboxylic acids is 1. The van der Waals surface area contributed by atoms with E-state index in [0.717, 1.165) is 45.3 Å². The number of hydrogen-bond donors (Lipinski definition) is 2. The van der Waals surface area contributed by atoms with Crippen LogP contribution in [0.15, 0.2) is 0 Å². The molecule has 19 heavy (non-hydrogen) atoms. The largest absolute Gasteiger partial charge is 0.356 e. The lowest BCUT2D eigenvalue weighted by atomic mass is 9.77. The van der Waals surface area contributed by atoms with Crippen molar-refractivity contribution in [3.63, 3.8) is 0 Å². The van der Waals surface area contributed by atoms with Crippen LogP contribution in [0.5, 0.6) is 0 Å². The number of rotatable bonds is 9. The summed E-state index contributed by atoms with van der Waals surface area (Å²) in [5.74, 6) is 1.53. The molecule has 3 nitrogen and oxygen atoms in total. The summed E-state index contributed by atoms with van der Waals surface area (Å²) in [4.78, 5) is 12.3. The first-order valence-corrected chi connectivity index (χ1v) is 9.12. The molecule has 2 N–H and O–H groups in total. The standard InChI is InChI=1S/C15H30N2OS/c1-3-15(9-8-10-16-13-15)14(18)17-11-6-4-5-7-12-19-2/h16H,3-13H2,1-2H3,(H,17,18). The molecular weight excluding hydrogens is 256 g/mol. The number of carbonyl (C=O) groups is 1. The number of amides is 1. The second-order valence-electron chi connectivity index (χ2n) is 5.58. The summed E-state index contributed by atoms with van der Waals surface area (Å²) in [7, 11) is 0. The van der Waals surface area contributed by atoms with Crippen molar-refractivity contribution in [1.82, 2.24) is 10.6 Å². The second-order valence-corrected chi connectivity index (χ2v) is 6.56. The molecule has 1 unspecified atom stereocenters. The molecule has 1 rings (SSSR count). The van der Waals surface area contributed by atoms with Crippen LogP contribution in [0.2, 0.25) is 0 Å². The molecule has 0 aromatic carbocycles. The summed E-state index contributed by atoms with van der Waals surface area (Å²) in [6, 6.07) is 0. The molecule has 0 aliphatic carbocycles. The van der Waals surface area contributed by atoms with E-state index >= 15 is 0 Å². The Morgan fingerprint density at radius 2 is 2.11 bits per heavy atom. The molecule has 0 saturated carbocycles. The molecule has 1 heterocycles. The highest BCUT2D eigenvalue weighted by atomic mass is 32.2. The lowest BCUT2D eigenvalue weighted by molar-refractivity contribution is -0.132. The highest BCUT2D eigenvalue weighted by Crippen LogP contribution is 2.30. The SMILES string of the molecule is CCC1(C(=O)NCCCCCCSC)CCCNC1. The van der Waals surface area contributed by atoms with Crippen molar-refractivity contribution < 1.29 is 4.79 Å². The number of thioether (sulfide) groups is 1. The molecule has 0 spiro atoms. The van der Waals surface area contributed by atoms with Crippen LogP contribution in [0.1, 0.15) is 51.9 Å². The van der Waals surface area contributed by atoms with Crippen molar-refractivity contribution in [1.29, 1.82) is 0 Å². The van der Waals surface area contributed by atoms with Gasteiger partial charge in [-0.25, -0.2) is 0 Å². The van der Waals surface area contributed by atoms with Crippen LogP contribution >= 0.6 is 11.8 Å². The Balaban J connectivity index is 2.15. The van der Waals surface area contributed by atoms with Crippen LogP contribution in [0.25, 0.3) is 0 Å². The summed E-state index contributed by atoms with van der Waals surface area (Å²) < 4.78 is 0. The van der Waals surface area contributed by atoms with Crippen molar-refractivity contribution in [2.45, 2.75) is 51.9 Å². The highest BCUT2D eigenvalue weighted by Gasteiger charge is 2.37. The topological polar surface area (TPSA) is 41.1 Å². The van der Waals surface area contributed by atoms with Gasteiger partial charge < -0.3 is 10.6 Å². The zero-order valence-electron chi connectivity index (χ0n) is 12.6. The van der Waals surface area contributed by atoms with E-state index in [2.05, 4.69) is 23.8 Å². The molecule has 1 saturated heterocycles. The minimum absolute atomic E-state index is 0.142. The first-order valence-electron chi connectivity index (χ1n) is 7.73. The fourth-order valence-electron chi connectivity index (χ4n) is 2.74. The van der Waals surface area contributed by atoms with Crippen molar-refractivity contribution in [2.75, 3.05) is 31.6 Å². The lowest BCUT2D eigenvalue weighted by Crippen LogP contribution is -2.50. The lowest BCUT2D eigenvalue weighted by Gasteiger charge is -2.35. The molecular formula is C15H30N2OS. The molecule has 1 aliphatic rings. The smallest absolute Gasteiger partial charge is 0.227 e. The summed E-state index contributed by atoms with van der Waals surface area (Å²) in [6.07, 6.45) is 10.2. The first-order chi connectivity index (χ1) is 9.25. The van der Waals surface area contributed by atoms with Crippen molar-refractivity contribution in [3.8, 4) is 0 Å². The van der Waals surface area contributed by atoms with Gasteiger partial charge in [0.25, 0.3) is 0 Å². The molecule has 1 amide bonds. The molecule has 0 aromatic rings. The van der Waals surface area contributed by atoms with E-state index in [1.807, 2.05) is 11.8 Å². The molecule has 0 bridgehead atoms. The van der Waals surface area contributed by atoms with Gasteiger partial charge in [-0.3, -0.25) is 4.79 Å². The number of piperidine rings is 1. The molecule has 0 radical (unpaired) electrons. The molecule has 1 atom stereocenters. The fourth-order valence-corrected chi connectivity index (χ4v) is 3.23. The predicted molar refractivity (Wildman–Crippen MR) is 84.7 cm³/mol. The average Bonchev–Trinajstić information content (AvgIpc) is 2.46. The number of nitrogens with one attached hydrogen (secondary N) is 2. The maximum Gasteiger partial charge on any atom is 0.227 e. The third-order valence-corrected chi connectivity index (χ3v) is 4.89. The van der Waals surface area contributed by atoms with Gasteiger partial charge in [0, 0.05) is 13.1 Å². The van der Waals surface area contributed by atoms with Crippen molar-refractivity contribution in [2.24, 2.45) is 5.41 Å². The summed E-state index contributed by atoms with van der Waals surface area (Å²) in [5, 5.41) is 6.52. The van der Waals surface area contributed by atoms with E-state index in [4.69, 9.17) is 0 Å². The maximum absolute atomic E-state index is 12.3. The quantitative estimate of drug-likeness (QED) is 0.640. The Hall–Kier alpha value is -0.220. The van der Waals surface area contributed by atoms with Gasteiger partial charge >= 0.3 is 0 Å². The highest BCUT2D eigenvalue weighted by molar-refractivity contribution is 7.98. The van der Waals surface area contributed by atoms with Gasteiger partial charge in [0.1, 0.15) is 0 Å². The van der Waals surface area contributed by atoms with Gasteiger partial charge in [0.15, 0.2) is 0 Å². The Kier molecular flexibility index (Phi) is 8.55. The minimum atomic E-state index is -0.142. The van der Waals surface area contributed by atoms with Gasteiger partial charge in [0.05, 0.1) is 5.41 Å².